The van der Waals surface area contributed by atoms with Crippen molar-refractivity contribution in [2.75, 3.05) is 115 Å². The topological polar surface area (TPSA) is 223 Å². The number of nitrogens with zero attached hydrogens (tertiary/aromatic N) is 7. The van der Waals surface area contributed by atoms with E-state index < -0.39 is 52.7 Å². The SMILES string of the molecule is [C-]#[N+]/C(C(=O)OCCOC(=O)C=C)=C(/Cl)c1ccc(N(C)CCN(CCN(C)c2ccc(/C(Cl)=C(\C#N)C(=O)OCCOC(=O)C=C)cc2)CCN(C)c2ccc(/C(Cl)=C(/C#N)C(=O)OCCOC(=O)C=C)cc2)cc1. The summed E-state index contributed by atoms with van der Waals surface area (Å²) in [6.07, 6.45) is 2.91. The molecule has 0 heterocycles. The summed E-state index contributed by atoms with van der Waals surface area (Å²) in [4.78, 5) is 83.3. The van der Waals surface area contributed by atoms with Gasteiger partial charge in [-0.3, -0.25) is 9.69 Å². The van der Waals surface area contributed by atoms with Crippen LogP contribution in [-0.4, -0.2) is 141 Å². The van der Waals surface area contributed by atoms with Gasteiger partial charge in [-0.25, -0.2) is 28.8 Å². The molecule has 0 saturated carbocycles. The maximum absolute atomic E-state index is 12.6. The first-order chi connectivity index (χ1) is 36.4. The van der Waals surface area contributed by atoms with Crippen LogP contribution >= 0.6 is 34.8 Å². The smallest absolute Gasteiger partial charge is 0.350 e. The lowest BCUT2D eigenvalue weighted by Gasteiger charge is -2.31. The molecule has 3 rings (SSSR count). The predicted octanol–water partition coefficient (Wildman–Crippen LogP) is 7.29. The Labute approximate surface area is 456 Å². The van der Waals surface area contributed by atoms with E-state index in [1.54, 1.807) is 84.9 Å². The number of likely N-dealkylation sites (N-methyl/N-ethyl adjacent to an activating group) is 3. The molecule has 76 heavy (non-hydrogen) atoms. The molecule has 0 aliphatic rings. The molecule has 3 aromatic rings. The number of hydrogen-bond acceptors (Lipinski definition) is 18. The predicted molar refractivity (Wildman–Crippen MR) is 288 cm³/mol. The van der Waals surface area contributed by atoms with Gasteiger partial charge in [0.1, 0.15) is 51.8 Å². The van der Waals surface area contributed by atoms with Crippen molar-refractivity contribution in [1.29, 1.82) is 10.5 Å². The van der Waals surface area contributed by atoms with Crippen LogP contribution in [0.2, 0.25) is 0 Å². The summed E-state index contributed by atoms with van der Waals surface area (Å²) in [5.41, 5.74) is 2.41. The lowest BCUT2D eigenvalue weighted by molar-refractivity contribution is -0.146. The van der Waals surface area contributed by atoms with E-state index in [9.17, 15) is 39.3 Å². The first-order valence-electron chi connectivity index (χ1n) is 22.9. The van der Waals surface area contributed by atoms with Crippen LogP contribution in [0.5, 0.6) is 0 Å². The van der Waals surface area contributed by atoms with Crippen molar-refractivity contribution in [1.82, 2.24) is 4.90 Å². The maximum atomic E-state index is 12.6. The van der Waals surface area contributed by atoms with E-state index >= 15 is 0 Å². The number of hydrogen-bond donors (Lipinski definition) is 0. The summed E-state index contributed by atoms with van der Waals surface area (Å²) < 4.78 is 29.6. The minimum absolute atomic E-state index is 0.108. The standard InChI is InChI=1S/C54H54Cl3N7O12/c1-8-45(65)71-29-32-74-52(68)43(35-58)48(55)37-11-17-40(18-12-37)61(5)23-26-64(27-24-62(6)41-19-13-38(14-20-41)49(56)44(36-59)53(69)75-33-30-72-46(66)9-2)28-25-63(7)42-21-15-39(16-22-42)50(57)51(60-4)54(70)76-34-31-73-47(67)10-3/h8-22H,1-3,23-34H2,5-7H3/b48-43-,49-44+,51-50+. The monoisotopic (exact) mass is 1100 g/mol. The van der Waals surface area contributed by atoms with Crippen LogP contribution < -0.4 is 14.7 Å². The molecule has 398 valence electrons. The molecular weight excluding hydrogens is 1040 g/mol. The number of nitriles is 2. The highest BCUT2D eigenvalue weighted by Gasteiger charge is 2.21. The van der Waals surface area contributed by atoms with E-state index in [0.29, 0.717) is 56.0 Å². The number of benzene rings is 3. The number of ether oxygens (including phenoxy) is 6. The Balaban J connectivity index is 1.78. The summed E-state index contributed by atoms with van der Waals surface area (Å²) in [7, 11) is 5.75. The largest absolute Gasteiger partial charge is 0.467 e. The molecule has 0 radical (unpaired) electrons. The highest BCUT2D eigenvalue weighted by atomic mass is 35.5. The number of carbonyl (C=O) groups excluding carboxylic acids is 6. The first kappa shape index (κ1) is 61.9. The quantitative estimate of drug-likeness (QED) is 0.0160. The Morgan fingerprint density at radius 3 is 1.04 bits per heavy atom. The zero-order chi connectivity index (χ0) is 56.2. The van der Waals surface area contributed by atoms with Gasteiger partial charge in [0.05, 0.1) is 21.7 Å². The molecule has 0 unspecified atom stereocenters. The average molecular weight is 1100 g/mol. The highest BCUT2D eigenvalue weighted by molar-refractivity contribution is 6.52. The molecular formula is C54H54Cl3N7O12. The Bertz CT molecular complexity index is 2510. The summed E-state index contributed by atoms with van der Waals surface area (Å²) in [5, 5.41) is 19.1. The highest BCUT2D eigenvalue weighted by Crippen LogP contribution is 2.29. The van der Waals surface area contributed by atoms with Gasteiger partial charge in [-0.1, -0.05) is 90.9 Å². The van der Waals surface area contributed by atoms with Crippen LogP contribution in [0.1, 0.15) is 16.7 Å². The van der Waals surface area contributed by atoms with Crippen LogP contribution in [0, 0.1) is 29.2 Å². The third kappa shape index (κ3) is 19.8. The van der Waals surface area contributed by atoms with E-state index in [1.807, 2.05) is 35.8 Å². The molecule has 0 aromatic heterocycles. The molecule has 0 amide bonds. The Kier molecular flexibility index (Phi) is 26.7. The van der Waals surface area contributed by atoms with Crippen LogP contribution in [-0.2, 0) is 57.2 Å². The van der Waals surface area contributed by atoms with Gasteiger partial charge in [0.2, 0.25) is 0 Å². The van der Waals surface area contributed by atoms with Gasteiger partial charge >= 0.3 is 35.8 Å². The van der Waals surface area contributed by atoms with Crippen molar-refractivity contribution < 1.29 is 57.2 Å². The summed E-state index contributed by atoms with van der Waals surface area (Å²) in [6.45, 7) is 19.4. The van der Waals surface area contributed by atoms with Gasteiger partial charge in [0, 0.05) is 95.7 Å². The summed E-state index contributed by atoms with van der Waals surface area (Å²) >= 11 is 19.5. The zero-order valence-corrected chi connectivity index (χ0v) is 44.2. The van der Waals surface area contributed by atoms with E-state index in [2.05, 4.69) is 29.5 Å². The van der Waals surface area contributed by atoms with E-state index in [0.717, 1.165) is 35.3 Å². The number of rotatable bonds is 30. The van der Waals surface area contributed by atoms with Gasteiger partial charge < -0.3 is 43.1 Å². The number of anilines is 3. The fourth-order valence-corrected chi connectivity index (χ4v) is 7.12. The summed E-state index contributed by atoms with van der Waals surface area (Å²) in [6, 6.07) is 24.4. The third-order valence-electron chi connectivity index (χ3n) is 10.7. The van der Waals surface area contributed by atoms with Gasteiger partial charge in [-0.2, -0.15) is 10.5 Å². The van der Waals surface area contributed by atoms with Crippen molar-refractivity contribution in [2.24, 2.45) is 0 Å². The second-order valence-electron chi connectivity index (χ2n) is 15.6. The maximum Gasteiger partial charge on any atom is 0.350 e. The van der Waals surface area contributed by atoms with Gasteiger partial charge in [0.25, 0.3) is 5.70 Å². The van der Waals surface area contributed by atoms with Crippen molar-refractivity contribution in [3.63, 3.8) is 0 Å². The molecule has 0 fully saturated rings. The average Bonchev–Trinajstić information content (AvgIpc) is 3.44. The van der Waals surface area contributed by atoms with E-state index in [-0.39, 0.29) is 54.7 Å². The molecule has 0 aliphatic carbocycles. The molecule has 0 bridgehead atoms. The van der Waals surface area contributed by atoms with E-state index in [1.165, 1.54) is 0 Å². The second kappa shape index (κ2) is 32.7. The number of carbonyl (C=O) groups is 6. The van der Waals surface area contributed by atoms with Gasteiger partial charge in [-0.05, 0) is 53.1 Å². The Morgan fingerprint density at radius 2 is 0.763 bits per heavy atom. The second-order valence-corrected chi connectivity index (χ2v) is 16.8. The van der Waals surface area contributed by atoms with Crippen LogP contribution in [0.15, 0.2) is 128 Å². The van der Waals surface area contributed by atoms with Gasteiger partial charge in [-0.15, -0.1) is 0 Å². The molecule has 0 N–H and O–H groups in total. The normalized spacial score (nSPS) is 11.5. The minimum atomic E-state index is -0.974. The molecule has 0 atom stereocenters. The first-order valence-corrected chi connectivity index (χ1v) is 24.0. The van der Waals surface area contributed by atoms with Crippen LogP contribution in [0.4, 0.5) is 17.1 Å². The van der Waals surface area contributed by atoms with Crippen molar-refractivity contribution >= 4 is 103 Å². The lowest BCUT2D eigenvalue weighted by atomic mass is 10.1. The fraction of sp³-hybridized carbons (Fsp3) is 0.278. The zero-order valence-electron chi connectivity index (χ0n) is 41.9. The van der Waals surface area contributed by atoms with Crippen LogP contribution in [0.25, 0.3) is 19.9 Å². The van der Waals surface area contributed by atoms with Gasteiger partial charge in [0.15, 0.2) is 11.1 Å². The van der Waals surface area contributed by atoms with E-state index in [4.69, 9.17) is 69.8 Å². The van der Waals surface area contributed by atoms with Crippen molar-refractivity contribution in [3.05, 3.63) is 156 Å². The van der Waals surface area contributed by atoms with Crippen molar-refractivity contribution in [3.8, 4) is 12.1 Å². The Morgan fingerprint density at radius 1 is 0.487 bits per heavy atom. The Hall–Kier alpha value is -8.38. The minimum Gasteiger partial charge on any atom is -0.467 e. The molecule has 19 nitrogen and oxygen atoms in total. The molecule has 0 spiro atoms. The molecule has 3 aromatic carbocycles. The number of halogens is 3. The van der Waals surface area contributed by atoms with Crippen LogP contribution in [0.3, 0.4) is 0 Å². The molecule has 0 aliphatic heterocycles. The third-order valence-corrected chi connectivity index (χ3v) is 11.9. The molecule has 22 heteroatoms. The summed E-state index contributed by atoms with van der Waals surface area (Å²) in [5.74, 6) is -4.97. The fourth-order valence-electron chi connectivity index (χ4n) is 6.38. The number of esters is 6. The molecule has 0 saturated heterocycles. The van der Waals surface area contributed by atoms with Crippen molar-refractivity contribution in [2.45, 2.75) is 0 Å². The lowest BCUT2D eigenvalue weighted by Crippen LogP contribution is -2.41.